The molecule has 1 aliphatic rings. The maximum atomic E-state index is 9.39. The molecule has 86 valence electrons. The van der Waals surface area contributed by atoms with E-state index in [9.17, 15) is 5.11 Å². The number of oxime groups is 1. The zero-order valence-corrected chi connectivity index (χ0v) is 10.2. The second-order valence-electron chi connectivity index (χ2n) is 3.72. The SMILES string of the molecule is C[C@@H](O)[C@H]1CC(c2c(Cl)cccc2Cl)=NO1. The van der Waals surface area contributed by atoms with E-state index < -0.39 is 6.10 Å². The summed E-state index contributed by atoms with van der Waals surface area (Å²) >= 11 is 12.1. The van der Waals surface area contributed by atoms with Gasteiger partial charge in [-0.3, -0.25) is 0 Å². The highest BCUT2D eigenvalue weighted by atomic mass is 35.5. The van der Waals surface area contributed by atoms with E-state index in [4.69, 9.17) is 28.0 Å². The van der Waals surface area contributed by atoms with E-state index in [0.29, 0.717) is 27.7 Å². The van der Waals surface area contributed by atoms with Crippen molar-refractivity contribution in [1.29, 1.82) is 0 Å². The molecule has 0 amide bonds. The van der Waals surface area contributed by atoms with Crippen molar-refractivity contribution in [2.45, 2.75) is 25.6 Å². The Kier molecular flexibility index (Phi) is 3.38. The molecule has 1 aromatic carbocycles. The summed E-state index contributed by atoms with van der Waals surface area (Å²) in [5, 5.41) is 14.4. The van der Waals surface area contributed by atoms with E-state index in [-0.39, 0.29) is 6.10 Å². The summed E-state index contributed by atoms with van der Waals surface area (Å²) < 4.78 is 0. The van der Waals surface area contributed by atoms with E-state index in [1.165, 1.54) is 0 Å². The van der Waals surface area contributed by atoms with Crippen LogP contribution < -0.4 is 0 Å². The first-order valence-corrected chi connectivity index (χ1v) is 5.70. The molecule has 2 atom stereocenters. The van der Waals surface area contributed by atoms with Crippen LogP contribution in [0.2, 0.25) is 10.0 Å². The monoisotopic (exact) mass is 259 g/mol. The predicted molar refractivity (Wildman–Crippen MR) is 64.2 cm³/mol. The van der Waals surface area contributed by atoms with Gasteiger partial charge in [0.1, 0.15) is 0 Å². The number of aliphatic hydroxyl groups excluding tert-OH is 1. The molecule has 0 saturated carbocycles. The van der Waals surface area contributed by atoms with Crippen molar-refractivity contribution >= 4 is 28.9 Å². The second-order valence-corrected chi connectivity index (χ2v) is 4.54. The largest absolute Gasteiger partial charge is 0.389 e. The summed E-state index contributed by atoms with van der Waals surface area (Å²) in [5.41, 5.74) is 1.37. The fourth-order valence-electron chi connectivity index (χ4n) is 1.58. The van der Waals surface area contributed by atoms with Crippen LogP contribution in [0.25, 0.3) is 0 Å². The van der Waals surface area contributed by atoms with Crippen LogP contribution in [0.3, 0.4) is 0 Å². The lowest BCUT2D eigenvalue weighted by molar-refractivity contribution is -0.00780. The minimum absolute atomic E-state index is 0.317. The normalized spacial score (nSPS) is 21.5. The number of nitrogens with zero attached hydrogens (tertiary/aromatic N) is 1. The predicted octanol–water partition coefficient (Wildman–Crippen LogP) is 2.87. The molecule has 0 bridgehead atoms. The van der Waals surface area contributed by atoms with Gasteiger partial charge >= 0.3 is 0 Å². The zero-order valence-electron chi connectivity index (χ0n) is 8.65. The molecule has 0 aliphatic carbocycles. The summed E-state index contributed by atoms with van der Waals surface area (Å²) in [5.74, 6) is 0. The van der Waals surface area contributed by atoms with Crippen LogP contribution >= 0.6 is 23.2 Å². The van der Waals surface area contributed by atoms with Crippen molar-refractivity contribution in [3.63, 3.8) is 0 Å². The number of halogens is 2. The molecule has 0 saturated heterocycles. The van der Waals surface area contributed by atoms with E-state index in [2.05, 4.69) is 5.16 Å². The van der Waals surface area contributed by atoms with E-state index >= 15 is 0 Å². The third-order valence-corrected chi connectivity index (χ3v) is 3.11. The zero-order chi connectivity index (χ0) is 11.7. The number of aliphatic hydroxyl groups is 1. The highest BCUT2D eigenvalue weighted by Gasteiger charge is 2.28. The molecule has 0 radical (unpaired) electrons. The first kappa shape index (κ1) is 11.7. The van der Waals surface area contributed by atoms with Gasteiger partial charge in [0.2, 0.25) is 0 Å². The topological polar surface area (TPSA) is 41.8 Å². The molecule has 2 rings (SSSR count). The van der Waals surface area contributed by atoms with Gasteiger partial charge in [-0.25, -0.2) is 0 Å². The molecule has 1 N–H and O–H groups in total. The third-order valence-electron chi connectivity index (χ3n) is 2.48. The molecule has 0 spiro atoms. The summed E-state index contributed by atoms with van der Waals surface area (Å²) in [4.78, 5) is 5.11. The smallest absolute Gasteiger partial charge is 0.158 e. The lowest BCUT2D eigenvalue weighted by Gasteiger charge is -2.10. The molecule has 3 nitrogen and oxygen atoms in total. The summed E-state index contributed by atoms with van der Waals surface area (Å²) in [7, 11) is 0. The summed E-state index contributed by atoms with van der Waals surface area (Å²) in [6, 6.07) is 5.28. The van der Waals surface area contributed by atoms with Crippen molar-refractivity contribution in [3.05, 3.63) is 33.8 Å². The Balaban J connectivity index is 2.27. The molecule has 1 heterocycles. The Morgan fingerprint density at radius 3 is 2.56 bits per heavy atom. The molecule has 0 fully saturated rings. The number of hydrogen-bond donors (Lipinski definition) is 1. The van der Waals surface area contributed by atoms with Gasteiger partial charge in [-0.2, -0.15) is 0 Å². The fourth-order valence-corrected chi connectivity index (χ4v) is 2.19. The van der Waals surface area contributed by atoms with Crippen LogP contribution in [-0.4, -0.2) is 23.0 Å². The van der Waals surface area contributed by atoms with Crippen molar-refractivity contribution in [2.24, 2.45) is 5.16 Å². The van der Waals surface area contributed by atoms with E-state index in [1.54, 1.807) is 25.1 Å². The Morgan fingerprint density at radius 1 is 1.44 bits per heavy atom. The Morgan fingerprint density at radius 2 is 2.06 bits per heavy atom. The van der Waals surface area contributed by atoms with Crippen LogP contribution in [0.15, 0.2) is 23.4 Å². The number of hydrogen-bond acceptors (Lipinski definition) is 3. The Hall–Kier alpha value is -0.770. The van der Waals surface area contributed by atoms with Crippen molar-refractivity contribution < 1.29 is 9.94 Å². The molecule has 1 aromatic rings. The number of rotatable bonds is 2. The lowest BCUT2D eigenvalue weighted by atomic mass is 10.0. The van der Waals surface area contributed by atoms with Gasteiger partial charge in [-0.05, 0) is 19.1 Å². The standard InChI is InChI=1S/C11H11Cl2NO2/c1-6(15)10-5-9(14-16-10)11-7(12)3-2-4-8(11)13/h2-4,6,10,15H,5H2,1H3/t6-,10-/m1/s1. The fraction of sp³-hybridized carbons (Fsp3) is 0.364. The van der Waals surface area contributed by atoms with Gasteiger partial charge in [-0.1, -0.05) is 34.4 Å². The van der Waals surface area contributed by atoms with Gasteiger partial charge in [-0.15, -0.1) is 0 Å². The minimum Gasteiger partial charge on any atom is -0.389 e. The highest BCUT2D eigenvalue weighted by Crippen LogP contribution is 2.29. The minimum atomic E-state index is -0.567. The molecule has 1 aliphatic heterocycles. The maximum absolute atomic E-state index is 9.39. The molecular weight excluding hydrogens is 249 g/mol. The van der Waals surface area contributed by atoms with Crippen LogP contribution in [0.1, 0.15) is 18.9 Å². The maximum Gasteiger partial charge on any atom is 0.158 e. The highest BCUT2D eigenvalue weighted by molar-refractivity contribution is 6.40. The van der Waals surface area contributed by atoms with Gasteiger partial charge in [0.25, 0.3) is 0 Å². The van der Waals surface area contributed by atoms with Crippen LogP contribution in [0.4, 0.5) is 0 Å². The van der Waals surface area contributed by atoms with Gasteiger partial charge < -0.3 is 9.94 Å². The lowest BCUT2D eigenvalue weighted by Crippen LogP contribution is -2.22. The van der Waals surface area contributed by atoms with Crippen LogP contribution in [-0.2, 0) is 4.84 Å². The van der Waals surface area contributed by atoms with Gasteiger partial charge in [0, 0.05) is 12.0 Å². The van der Waals surface area contributed by atoms with E-state index in [1.807, 2.05) is 0 Å². The van der Waals surface area contributed by atoms with Gasteiger partial charge in [0.15, 0.2) is 6.10 Å². The van der Waals surface area contributed by atoms with Crippen molar-refractivity contribution in [3.8, 4) is 0 Å². The first-order chi connectivity index (χ1) is 7.59. The quantitative estimate of drug-likeness (QED) is 0.888. The Bertz CT molecular complexity index is 412. The Labute approximate surface area is 104 Å². The first-order valence-electron chi connectivity index (χ1n) is 4.94. The van der Waals surface area contributed by atoms with Crippen LogP contribution in [0, 0.1) is 0 Å². The second kappa shape index (κ2) is 4.62. The summed E-state index contributed by atoms with van der Waals surface area (Å²) in [6.07, 6.45) is -0.369. The van der Waals surface area contributed by atoms with Crippen molar-refractivity contribution in [1.82, 2.24) is 0 Å². The molecule has 5 heteroatoms. The average Bonchev–Trinajstić information content (AvgIpc) is 2.66. The van der Waals surface area contributed by atoms with E-state index in [0.717, 1.165) is 0 Å². The number of benzene rings is 1. The third kappa shape index (κ3) is 2.17. The van der Waals surface area contributed by atoms with Gasteiger partial charge in [0.05, 0.1) is 21.9 Å². The average molecular weight is 260 g/mol. The molecule has 0 aromatic heterocycles. The van der Waals surface area contributed by atoms with Crippen LogP contribution in [0.5, 0.6) is 0 Å². The molecular formula is C11H11Cl2NO2. The molecule has 16 heavy (non-hydrogen) atoms. The molecule has 0 unspecified atom stereocenters. The summed E-state index contributed by atoms with van der Waals surface area (Å²) in [6.45, 7) is 1.66. The van der Waals surface area contributed by atoms with Crippen molar-refractivity contribution in [2.75, 3.05) is 0 Å².